The van der Waals surface area contributed by atoms with Crippen LogP contribution in [-0.4, -0.2) is 50.2 Å². The highest BCUT2D eigenvalue weighted by atomic mass is 16.2. The molecule has 0 aliphatic carbocycles. The Morgan fingerprint density at radius 2 is 1.85 bits per heavy atom. The van der Waals surface area contributed by atoms with Crippen LogP contribution in [0.25, 0.3) is 6.08 Å². The van der Waals surface area contributed by atoms with E-state index in [0.29, 0.717) is 5.69 Å². The maximum atomic E-state index is 12.8. The first-order valence-corrected chi connectivity index (χ1v) is 11.6. The molecule has 1 aliphatic rings. The van der Waals surface area contributed by atoms with Crippen molar-refractivity contribution in [2.45, 2.75) is 39.8 Å². The molecule has 4 rings (SSSR count). The summed E-state index contributed by atoms with van der Waals surface area (Å²) in [6, 6.07) is 15.5. The van der Waals surface area contributed by atoms with Crippen LogP contribution < -0.4 is 5.32 Å². The van der Waals surface area contributed by atoms with Gasteiger partial charge in [0.15, 0.2) is 5.82 Å². The van der Waals surface area contributed by atoms with Crippen molar-refractivity contribution >= 4 is 12.0 Å². The van der Waals surface area contributed by atoms with Crippen LogP contribution in [0.5, 0.6) is 0 Å². The zero-order chi connectivity index (χ0) is 23.2. The Labute approximate surface area is 195 Å². The molecule has 1 atom stereocenters. The van der Waals surface area contributed by atoms with E-state index in [4.69, 9.17) is 0 Å². The minimum absolute atomic E-state index is 0.168. The zero-order valence-corrected chi connectivity index (χ0v) is 19.6. The van der Waals surface area contributed by atoms with Gasteiger partial charge in [0.05, 0.1) is 6.04 Å². The third kappa shape index (κ3) is 5.73. The first kappa shape index (κ1) is 22.9. The number of rotatable bonds is 7. The zero-order valence-electron chi connectivity index (χ0n) is 19.6. The van der Waals surface area contributed by atoms with E-state index in [1.54, 1.807) is 18.3 Å². The molecule has 172 valence electrons. The lowest BCUT2D eigenvalue weighted by Crippen LogP contribution is -2.35. The highest BCUT2D eigenvalue weighted by Crippen LogP contribution is 2.23. The number of aromatic nitrogens is 4. The highest BCUT2D eigenvalue weighted by Gasteiger charge is 2.28. The lowest BCUT2D eigenvalue weighted by atomic mass is 10.0. The fraction of sp³-hybridized carbons (Fsp3) is 0.385. The number of fused-ring (bicyclic) bond motifs is 1. The van der Waals surface area contributed by atoms with Crippen LogP contribution in [0.1, 0.15) is 54.5 Å². The molecule has 1 aliphatic heterocycles. The van der Waals surface area contributed by atoms with Crippen molar-refractivity contribution in [1.29, 1.82) is 0 Å². The van der Waals surface area contributed by atoms with Gasteiger partial charge in [-0.1, -0.05) is 61.9 Å². The largest absolute Gasteiger partial charge is 0.340 e. The number of nitrogens with zero attached hydrogens (tertiary/aromatic N) is 5. The van der Waals surface area contributed by atoms with Gasteiger partial charge >= 0.3 is 0 Å². The molecule has 33 heavy (non-hydrogen) atoms. The molecular weight excluding hydrogens is 412 g/mol. The number of carbonyl (C=O) groups is 1. The molecule has 0 radical (unpaired) electrons. The van der Waals surface area contributed by atoms with Crippen molar-refractivity contribution in [1.82, 2.24) is 30.0 Å². The average molecular weight is 445 g/mol. The fourth-order valence-electron chi connectivity index (χ4n) is 4.25. The molecule has 0 bridgehead atoms. The van der Waals surface area contributed by atoms with Crippen molar-refractivity contribution in [2.75, 3.05) is 19.6 Å². The Balaban J connectivity index is 1.45. The summed E-state index contributed by atoms with van der Waals surface area (Å²) < 4.78 is 2.19. The Bertz CT molecular complexity index is 1090. The highest BCUT2D eigenvalue weighted by molar-refractivity contribution is 5.92. The van der Waals surface area contributed by atoms with Crippen molar-refractivity contribution in [3.05, 3.63) is 83.2 Å². The third-order valence-corrected chi connectivity index (χ3v) is 5.96. The molecule has 0 saturated heterocycles. The van der Waals surface area contributed by atoms with Crippen LogP contribution in [0.4, 0.5) is 0 Å². The van der Waals surface area contributed by atoms with E-state index >= 15 is 0 Å². The summed E-state index contributed by atoms with van der Waals surface area (Å²) in [5, 5.41) is 12.1. The topological polar surface area (TPSA) is 75.9 Å². The average Bonchev–Trinajstić information content (AvgIpc) is 3.11. The van der Waals surface area contributed by atoms with E-state index in [2.05, 4.69) is 81.1 Å². The number of benzene rings is 1. The predicted octanol–water partition coefficient (Wildman–Crippen LogP) is 3.76. The number of hydrogen-bond acceptors (Lipinski definition) is 5. The number of hydrogen-bond donors (Lipinski definition) is 1. The summed E-state index contributed by atoms with van der Waals surface area (Å²) in [5.74, 6) is 1.78. The van der Waals surface area contributed by atoms with Gasteiger partial charge < -0.3 is 9.88 Å². The second kappa shape index (κ2) is 10.5. The van der Waals surface area contributed by atoms with Gasteiger partial charge in [-0.3, -0.25) is 14.7 Å². The van der Waals surface area contributed by atoms with Crippen LogP contribution in [0.15, 0.2) is 60.3 Å². The summed E-state index contributed by atoms with van der Waals surface area (Å²) in [4.78, 5) is 19.4. The molecule has 7 nitrogen and oxygen atoms in total. The van der Waals surface area contributed by atoms with Gasteiger partial charge in [0.1, 0.15) is 11.5 Å². The predicted molar refractivity (Wildman–Crippen MR) is 130 cm³/mol. The van der Waals surface area contributed by atoms with Crippen LogP contribution >= 0.6 is 0 Å². The van der Waals surface area contributed by atoms with Crippen LogP contribution in [0.3, 0.4) is 0 Å². The van der Waals surface area contributed by atoms with Gasteiger partial charge in [-0.25, -0.2) is 0 Å². The van der Waals surface area contributed by atoms with E-state index < -0.39 is 0 Å². The van der Waals surface area contributed by atoms with E-state index in [-0.39, 0.29) is 17.9 Å². The molecule has 1 N–H and O–H groups in total. The second-order valence-corrected chi connectivity index (χ2v) is 8.96. The Morgan fingerprint density at radius 3 is 2.58 bits per heavy atom. The Morgan fingerprint density at radius 1 is 1.06 bits per heavy atom. The number of carbonyl (C=O) groups excluding carboxylic acids is 1. The van der Waals surface area contributed by atoms with Gasteiger partial charge in [-0.05, 0) is 30.5 Å². The molecule has 7 heteroatoms. The molecule has 0 saturated carbocycles. The summed E-state index contributed by atoms with van der Waals surface area (Å²) in [7, 11) is 0. The van der Waals surface area contributed by atoms with Crippen molar-refractivity contribution in [3.63, 3.8) is 0 Å². The minimum Gasteiger partial charge on any atom is -0.340 e. The normalized spacial score (nSPS) is 15.7. The molecule has 1 unspecified atom stereocenters. The van der Waals surface area contributed by atoms with Gasteiger partial charge in [-0.15, -0.1) is 10.2 Å². The quantitative estimate of drug-likeness (QED) is 0.601. The minimum atomic E-state index is -0.230. The molecule has 3 aromatic rings. The van der Waals surface area contributed by atoms with Crippen molar-refractivity contribution < 1.29 is 4.79 Å². The van der Waals surface area contributed by atoms with E-state index in [1.165, 1.54) is 11.1 Å². The lowest BCUT2D eigenvalue weighted by molar-refractivity contribution is 0.0916. The molecule has 0 spiro atoms. The smallest absolute Gasteiger partial charge is 0.270 e. The Kier molecular flexibility index (Phi) is 7.29. The molecule has 1 aromatic carbocycles. The number of amides is 1. The third-order valence-electron chi connectivity index (χ3n) is 5.96. The van der Waals surface area contributed by atoms with Gasteiger partial charge in [0, 0.05) is 38.8 Å². The fourth-order valence-corrected chi connectivity index (χ4v) is 4.25. The van der Waals surface area contributed by atoms with E-state index in [9.17, 15) is 4.79 Å². The van der Waals surface area contributed by atoms with Crippen molar-refractivity contribution in [3.8, 4) is 0 Å². The summed E-state index contributed by atoms with van der Waals surface area (Å²) in [6.45, 7) is 9.94. The van der Waals surface area contributed by atoms with Crippen LogP contribution in [-0.2, 0) is 13.0 Å². The first-order chi connectivity index (χ1) is 16.0. The van der Waals surface area contributed by atoms with E-state index in [0.717, 1.165) is 44.2 Å². The van der Waals surface area contributed by atoms with Crippen molar-refractivity contribution in [2.24, 2.45) is 5.92 Å². The molecule has 0 fully saturated rings. The molecule has 1 amide bonds. The maximum Gasteiger partial charge on any atom is 0.270 e. The first-order valence-electron chi connectivity index (χ1n) is 11.6. The monoisotopic (exact) mass is 444 g/mol. The van der Waals surface area contributed by atoms with Crippen LogP contribution in [0, 0.1) is 5.92 Å². The van der Waals surface area contributed by atoms with Gasteiger partial charge in [-0.2, -0.15) is 0 Å². The SMILES string of the molecule is CC(=Cc1ccccc1)CN1CCc2nnc(C(NC(=O)c3ccccn3)C(C)C)n2CC1. The summed E-state index contributed by atoms with van der Waals surface area (Å²) >= 11 is 0. The molecular formula is C26H32N6O. The maximum absolute atomic E-state index is 12.8. The standard InChI is InChI=1S/C26H32N6O/c1-19(2)24(28-26(33)22-11-7-8-13-27-22)25-30-29-23-12-14-31(15-16-32(23)25)18-20(3)17-21-9-5-4-6-10-21/h4-11,13,17,19,24H,12,14-16,18H2,1-3H3,(H,28,33). The Hall–Kier alpha value is -3.32. The second-order valence-electron chi connectivity index (χ2n) is 8.96. The number of nitrogens with one attached hydrogen (secondary N) is 1. The van der Waals surface area contributed by atoms with Crippen LogP contribution in [0.2, 0.25) is 0 Å². The van der Waals surface area contributed by atoms with Gasteiger partial charge in [0.25, 0.3) is 5.91 Å². The van der Waals surface area contributed by atoms with Gasteiger partial charge in [0.2, 0.25) is 0 Å². The number of pyridine rings is 1. The molecule has 2 aromatic heterocycles. The molecule has 3 heterocycles. The lowest BCUT2D eigenvalue weighted by Gasteiger charge is -2.23. The van der Waals surface area contributed by atoms with E-state index in [1.807, 2.05) is 12.1 Å². The summed E-state index contributed by atoms with van der Waals surface area (Å²) in [6.07, 6.45) is 4.72. The summed E-state index contributed by atoms with van der Waals surface area (Å²) in [5.41, 5.74) is 2.97.